The maximum absolute atomic E-state index is 14.2. The molecule has 0 saturated carbocycles. The number of rotatable bonds is 6. The second kappa shape index (κ2) is 10.0. The SMILES string of the molecule is [B]C([B])(Oc1cc(C)n(-c2cc(-n3ccnc(C(C)(C)O)c3=O)ncc2C)c(=O)c1Cl)c1ncc(F)cc1F. The summed E-state index contributed by atoms with van der Waals surface area (Å²) in [6, 6.07) is 3.38. The van der Waals surface area contributed by atoms with Crippen molar-refractivity contribution in [1.29, 1.82) is 0 Å². The van der Waals surface area contributed by atoms with Crippen LogP contribution in [0, 0.1) is 25.5 Å². The van der Waals surface area contributed by atoms with E-state index in [0.29, 0.717) is 29.2 Å². The van der Waals surface area contributed by atoms with Crippen LogP contribution in [0.3, 0.4) is 0 Å². The Morgan fingerprint density at radius 1 is 1.00 bits per heavy atom. The third-order valence-corrected chi connectivity index (χ3v) is 6.07. The molecule has 0 atom stereocenters. The second-order valence-corrected chi connectivity index (χ2v) is 9.70. The molecule has 4 rings (SSSR count). The number of hydrogen-bond acceptors (Lipinski definition) is 7. The van der Waals surface area contributed by atoms with Crippen molar-refractivity contribution in [1.82, 2.24) is 24.1 Å². The molecule has 196 valence electrons. The largest absolute Gasteiger partial charge is 0.499 e. The van der Waals surface area contributed by atoms with Crippen molar-refractivity contribution in [3.05, 3.63) is 103 Å². The molecule has 4 aromatic rings. The summed E-state index contributed by atoms with van der Waals surface area (Å²) in [5, 5.41) is 7.47. The minimum absolute atomic E-state index is 0.0917. The van der Waals surface area contributed by atoms with Gasteiger partial charge in [-0.05, 0) is 33.3 Å². The highest BCUT2D eigenvalue weighted by atomic mass is 35.5. The first-order valence-corrected chi connectivity index (χ1v) is 11.8. The Hall–Kier alpha value is -3.83. The highest BCUT2D eigenvalue weighted by molar-refractivity contribution is 6.39. The van der Waals surface area contributed by atoms with Crippen molar-refractivity contribution in [2.24, 2.45) is 0 Å². The molecular weight excluding hydrogens is 529 g/mol. The molecule has 0 aliphatic carbocycles. The maximum Gasteiger partial charge on any atom is 0.280 e. The Kier molecular flexibility index (Phi) is 7.26. The molecule has 0 bridgehead atoms. The van der Waals surface area contributed by atoms with Gasteiger partial charge in [0.15, 0.2) is 0 Å². The highest BCUT2D eigenvalue weighted by Gasteiger charge is 2.29. The first-order valence-electron chi connectivity index (χ1n) is 11.4. The lowest BCUT2D eigenvalue weighted by atomic mass is 9.62. The van der Waals surface area contributed by atoms with Gasteiger partial charge in [0.2, 0.25) is 0 Å². The van der Waals surface area contributed by atoms with Crippen molar-refractivity contribution in [3.8, 4) is 17.3 Å². The van der Waals surface area contributed by atoms with E-state index in [4.69, 9.17) is 32.0 Å². The van der Waals surface area contributed by atoms with E-state index in [2.05, 4.69) is 15.0 Å². The van der Waals surface area contributed by atoms with Gasteiger partial charge in [-0.25, -0.2) is 13.8 Å². The number of ether oxygens (including phenoxy) is 1. The number of pyridine rings is 3. The van der Waals surface area contributed by atoms with Crippen LogP contribution in [0.5, 0.6) is 5.75 Å². The summed E-state index contributed by atoms with van der Waals surface area (Å²) >= 11 is 6.33. The topological polar surface area (TPSA) is 112 Å². The third kappa shape index (κ3) is 5.37. The fraction of sp³-hybridized carbons (Fsp3) is 0.240. The molecule has 0 aliphatic rings. The van der Waals surface area contributed by atoms with Crippen LogP contribution in [0.2, 0.25) is 5.02 Å². The lowest BCUT2D eigenvalue weighted by Crippen LogP contribution is -2.37. The Balaban J connectivity index is 1.81. The van der Waals surface area contributed by atoms with Crippen LogP contribution < -0.4 is 15.9 Å². The van der Waals surface area contributed by atoms with Crippen LogP contribution in [0.4, 0.5) is 8.78 Å². The normalized spacial score (nSPS) is 12.0. The highest BCUT2D eigenvalue weighted by Crippen LogP contribution is 2.30. The molecule has 0 spiro atoms. The summed E-state index contributed by atoms with van der Waals surface area (Å²) in [5.41, 5.74) is -2.34. The van der Waals surface area contributed by atoms with Gasteiger partial charge < -0.3 is 9.84 Å². The molecule has 14 heteroatoms. The fourth-order valence-electron chi connectivity index (χ4n) is 3.87. The standard InChI is InChI=1S/C25H20B2ClF2N5O4/c1-12-10-32-18(34-6-5-31-21(23(34)37)24(3,4)38)9-16(12)35-13(2)7-17(19(28)22(35)36)39-25(26,27)20-15(30)8-14(29)11-33-20/h5-11,38H,1-4H3. The molecule has 0 fully saturated rings. The van der Waals surface area contributed by atoms with E-state index in [9.17, 15) is 23.5 Å². The lowest BCUT2D eigenvalue weighted by Gasteiger charge is -2.28. The number of hydrogen-bond donors (Lipinski definition) is 1. The molecule has 0 aromatic carbocycles. The predicted molar refractivity (Wildman–Crippen MR) is 141 cm³/mol. The molecule has 39 heavy (non-hydrogen) atoms. The number of aliphatic hydroxyl groups is 1. The Morgan fingerprint density at radius 3 is 2.33 bits per heavy atom. The van der Waals surface area contributed by atoms with E-state index in [-0.39, 0.29) is 17.3 Å². The van der Waals surface area contributed by atoms with Crippen LogP contribution in [-0.2, 0) is 11.0 Å². The summed E-state index contributed by atoms with van der Waals surface area (Å²) in [6.07, 6.45) is 4.90. The fourth-order valence-corrected chi connectivity index (χ4v) is 4.05. The molecule has 9 nitrogen and oxygen atoms in total. The van der Waals surface area contributed by atoms with Crippen molar-refractivity contribution in [2.75, 3.05) is 0 Å². The summed E-state index contributed by atoms with van der Waals surface area (Å²) in [6.45, 7) is 6.13. The first kappa shape index (κ1) is 28.2. The Labute approximate surface area is 228 Å². The van der Waals surface area contributed by atoms with Gasteiger partial charge in [-0.2, -0.15) is 0 Å². The number of nitrogens with zero attached hydrogens (tertiary/aromatic N) is 5. The molecule has 4 heterocycles. The Bertz CT molecular complexity index is 1720. The van der Waals surface area contributed by atoms with Gasteiger partial charge in [0.25, 0.3) is 11.1 Å². The minimum Gasteiger partial charge on any atom is -0.499 e. The van der Waals surface area contributed by atoms with Gasteiger partial charge in [-0.15, -0.1) is 0 Å². The summed E-state index contributed by atoms with van der Waals surface area (Å²) in [4.78, 5) is 38.2. The van der Waals surface area contributed by atoms with Gasteiger partial charge in [0.1, 0.15) is 60.9 Å². The zero-order valence-corrected chi connectivity index (χ0v) is 22.0. The van der Waals surface area contributed by atoms with E-state index in [1.807, 2.05) is 0 Å². The molecule has 0 amide bonds. The maximum atomic E-state index is 14.2. The van der Waals surface area contributed by atoms with Gasteiger partial charge >= 0.3 is 0 Å². The van der Waals surface area contributed by atoms with E-state index in [1.165, 1.54) is 53.7 Å². The van der Waals surface area contributed by atoms with Gasteiger partial charge in [0, 0.05) is 42.5 Å². The molecule has 0 unspecified atom stereocenters. The van der Waals surface area contributed by atoms with Crippen LogP contribution in [0.15, 0.2) is 52.6 Å². The van der Waals surface area contributed by atoms with Crippen LogP contribution >= 0.6 is 11.6 Å². The predicted octanol–water partition coefficient (Wildman–Crippen LogP) is 2.48. The molecule has 1 N–H and O–H groups in total. The van der Waals surface area contributed by atoms with Crippen molar-refractivity contribution < 1.29 is 18.6 Å². The lowest BCUT2D eigenvalue weighted by molar-refractivity contribution is 0.0718. The molecular formula is C25H20B2ClF2N5O4. The van der Waals surface area contributed by atoms with Gasteiger partial charge in [0.05, 0.1) is 17.3 Å². The zero-order valence-electron chi connectivity index (χ0n) is 21.2. The quantitative estimate of drug-likeness (QED) is 0.368. The minimum atomic E-state index is -2.40. The monoisotopic (exact) mass is 549 g/mol. The average Bonchev–Trinajstić information content (AvgIpc) is 2.82. The molecule has 0 saturated heterocycles. The number of aryl methyl sites for hydroxylation is 2. The van der Waals surface area contributed by atoms with E-state index < -0.39 is 44.5 Å². The summed E-state index contributed by atoms with van der Waals surface area (Å²) < 4.78 is 35.4. The van der Waals surface area contributed by atoms with Crippen molar-refractivity contribution in [2.45, 2.75) is 38.7 Å². The molecule has 4 radical (unpaired) electrons. The first-order chi connectivity index (χ1) is 18.1. The van der Waals surface area contributed by atoms with Crippen LogP contribution in [0.1, 0.15) is 36.5 Å². The van der Waals surface area contributed by atoms with E-state index in [0.717, 1.165) is 0 Å². The van der Waals surface area contributed by atoms with Crippen molar-refractivity contribution in [3.63, 3.8) is 0 Å². The van der Waals surface area contributed by atoms with Gasteiger partial charge in [-0.3, -0.25) is 28.7 Å². The molecule has 4 aromatic heterocycles. The summed E-state index contributed by atoms with van der Waals surface area (Å²) in [5.74, 6) is -2.21. The zero-order chi connectivity index (χ0) is 28.9. The number of aromatic nitrogens is 5. The number of halogens is 3. The van der Waals surface area contributed by atoms with Crippen LogP contribution in [0.25, 0.3) is 11.5 Å². The third-order valence-electron chi connectivity index (χ3n) is 5.72. The summed E-state index contributed by atoms with van der Waals surface area (Å²) in [7, 11) is 11.8. The van der Waals surface area contributed by atoms with Crippen molar-refractivity contribution >= 4 is 27.3 Å². The second-order valence-electron chi connectivity index (χ2n) is 9.32. The van der Waals surface area contributed by atoms with E-state index >= 15 is 0 Å². The van der Waals surface area contributed by atoms with Crippen LogP contribution in [-0.4, -0.2) is 44.9 Å². The average molecular weight is 550 g/mol. The van der Waals surface area contributed by atoms with E-state index in [1.54, 1.807) is 13.8 Å². The smallest absolute Gasteiger partial charge is 0.280 e. The Morgan fingerprint density at radius 2 is 1.69 bits per heavy atom. The van der Waals surface area contributed by atoms with Gasteiger partial charge in [-0.1, -0.05) is 11.6 Å². The molecule has 0 aliphatic heterocycles.